The van der Waals surface area contributed by atoms with Crippen molar-refractivity contribution in [2.24, 2.45) is 5.73 Å². The number of aliphatic hydroxyl groups is 2. The Kier molecular flexibility index (Phi) is 4.97. The van der Waals surface area contributed by atoms with Gasteiger partial charge in [0.25, 0.3) is 0 Å². The summed E-state index contributed by atoms with van der Waals surface area (Å²) in [6.07, 6.45) is -0.447. The Morgan fingerprint density at radius 3 is 2.43 bits per heavy atom. The summed E-state index contributed by atoms with van der Waals surface area (Å²) in [5.41, 5.74) is 6.18. The Hall–Kier alpha value is -0.550. The van der Waals surface area contributed by atoms with Gasteiger partial charge in [0.15, 0.2) is 0 Å². The lowest BCUT2D eigenvalue weighted by molar-refractivity contribution is 0.208. The predicted octanol–water partition coefficient (Wildman–Crippen LogP) is 0.591. The second-order valence-corrected chi connectivity index (χ2v) is 4.10. The summed E-state index contributed by atoms with van der Waals surface area (Å²) in [6, 6.07) is 7.60. The second-order valence-electron chi connectivity index (χ2n) is 3.00. The van der Waals surface area contributed by atoms with Crippen molar-refractivity contribution in [1.82, 2.24) is 0 Å². The van der Waals surface area contributed by atoms with Crippen LogP contribution in [0.3, 0.4) is 0 Å². The number of rotatable bonds is 5. The SMILES string of the molecule is NCC(O)CSc1ccc(CO)cc1. The van der Waals surface area contributed by atoms with Crippen LogP contribution in [-0.2, 0) is 6.61 Å². The molecule has 78 valence electrons. The number of aliphatic hydroxyl groups excluding tert-OH is 2. The average Bonchev–Trinajstić information content (AvgIpc) is 2.26. The van der Waals surface area contributed by atoms with Crippen LogP contribution in [0.4, 0.5) is 0 Å². The highest BCUT2D eigenvalue weighted by Gasteiger charge is 2.01. The Morgan fingerprint density at radius 1 is 1.29 bits per heavy atom. The molecule has 1 aromatic carbocycles. The van der Waals surface area contributed by atoms with Crippen LogP contribution in [-0.4, -0.2) is 28.6 Å². The van der Waals surface area contributed by atoms with E-state index < -0.39 is 6.10 Å². The molecule has 0 spiro atoms. The van der Waals surface area contributed by atoms with Crippen LogP contribution in [0.25, 0.3) is 0 Å². The van der Waals surface area contributed by atoms with Crippen LogP contribution in [0.5, 0.6) is 0 Å². The van der Waals surface area contributed by atoms with E-state index in [1.54, 1.807) is 11.8 Å². The Labute approximate surface area is 87.9 Å². The molecule has 0 amide bonds. The first kappa shape index (κ1) is 11.5. The number of benzene rings is 1. The maximum atomic E-state index is 9.23. The number of nitrogens with two attached hydrogens (primary N) is 1. The summed E-state index contributed by atoms with van der Waals surface area (Å²) in [5, 5.41) is 18.1. The fraction of sp³-hybridized carbons (Fsp3) is 0.400. The van der Waals surface area contributed by atoms with Gasteiger partial charge in [-0.15, -0.1) is 11.8 Å². The van der Waals surface area contributed by atoms with Crippen LogP contribution >= 0.6 is 11.8 Å². The van der Waals surface area contributed by atoms with Crippen molar-refractivity contribution in [2.45, 2.75) is 17.6 Å². The van der Waals surface area contributed by atoms with Crippen LogP contribution in [0.1, 0.15) is 5.56 Å². The molecule has 0 saturated heterocycles. The minimum atomic E-state index is -0.447. The second kappa shape index (κ2) is 6.03. The summed E-state index contributed by atoms with van der Waals surface area (Å²) in [4.78, 5) is 1.08. The van der Waals surface area contributed by atoms with Crippen molar-refractivity contribution in [3.05, 3.63) is 29.8 Å². The minimum Gasteiger partial charge on any atom is -0.392 e. The van der Waals surface area contributed by atoms with E-state index in [2.05, 4.69) is 0 Å². The van der Waals surface area contributed by atoms with Crippen molar-refractivity contribution in [1.29, 1.82) is 0 Å². The first-order valence-corrected chi connectivity index (χ1v) is 5.45. The van der Waals surface area contributed by atoms with Crippen LogP contribution in [0, 0.1) is 0 Å². The topological polar surface area (TPSA) is 66.5 Å². The molecular weight excluding hydrogens is 198 g/mol. The number of hydrogen-bond acceptors (Lipinski definition) is 4. The lowest BCUT2D eigenvalue weighted by Gasteiger charge is -2.07. The molecule has 0 radical (unpaired) electrons. The van der Waals surface area contributed by atoms with Gasteiger partial charge in [0.1, 0.15) is 0 Å². The van der Waals surface area contributed by atoms with E-state index in [0.29, 0.717) is 12.3 Å². The smallest absolute Gasteiger partial charge is 0.0756 e. The van der Waals surface area contributed by atoms with Crippen molar-refractivity contribution < 1.29 is 10.2 Å². The first-order valence-electron chi connectivity index (χ1n) is 4.47. The molecule has 0 aliphatic heterocycles. The molecule has 4 heteroatoms. The third kappa shape index (κ3) is 3.67. The van der Waals surface area contributed by atoms with Gasteiger partial charge in [-0.25, -0.2) is 0 Å². The van der Waals surface area contributed by atoms with Gasteiger partial charge in [0.2, 0.25) is 0 Å². The lowest BCUT2D eigenvalue weighted by Crippen LogP contribution is -2.21. The molecule has 0 bridgehead atoms. The fourth-order valence-electron chi connectivity index (χ4n) is 0.952. The molecule has 0 aromatic heterocycles. The van der Waals surface area contributed by atoms with Crippen molar-refractivity contribution in [3.8, 4) is 0 Å². The molecular formula is C10H15NO2S. The van der Waals surface area contributed by atoms with E-state index in [0.717, 1.165) is 10.5 Å². The molecule has 14 heavy (non-hydrogen) atoms. The maximum Gasteiger partial charge on any atom is 0.0756 e. The highest BCUT2D eigenvalue weighted by molar-refractivity contribution is 7.99. The molecule has 1 unspecified atom stereocenters. The zero-order valence-corrected chi connectivity index (χ0v) is 8.70. The van der Waals surface area contributed by atoms with Gasteiger partial charge in [-0.3, -0.25) is 0 Å². The monoisotopic (exact) mass is 213 g/mol. The van der Waals surface area contributed by atoms with E-state index in [1.807, 2.05) is 24.3 Å². The van der Waals surface area contributed by atoms with Gasteiger partial charge in [-0.1, -0.05) is 12.1 Å². The Bertz CT molecular complexity index is 263. The Morgan fingerprint density at radius 2 is 1.93 bits per heavy atom. The largest absolute Gasteiger partial charge is 0.392 e. The van der Waals surface area contributed by atoms with Crippen molar-refractivity contribution >= 4 is 11.8 Å². The summed E-state index contributed by atoms with van der Waals surface area (Å²) in [5.74, 6) is 0.606. The van der Waals surface area contributed by atoms with E-state index in [1.165, 1.54) is 0 Å². The van der Waals surface area contributed by atoms with E-state index in [9.17, 15) is 5.11 Å². The Balaban J connectivity index is 2.43. The van der Waals surface area contributed by atoms with Gasteiger partial charge in [0, 0.05) is 17.2 Å². The van der Waals surface area contributed by atoms with Gasteiger partial charge < -0.3 is 15.9 Å². The van der Waals surface area contributed by atoms with Crippen molar-refractivity contribution in [2.75, 3.05) is 12.3 Å². The summed E-state index contributed by atoms with van der Waals surface area (Å²) >= 11 is 1.56. The van der Waals surface area contributed by atoms with Gasteiger partial charge in [-0.05, 0) is 17.7 Å². The first-order chi connectivity index (χ1) is 6.76. The average molecular weight is 213 g/mol. The standard InChI is InChI=1S/C10H15NO2S/c11-5-9(13)7-14-10-3-1-8(6-12)2-4-10/h1-4,9,12-13H,5-7,11H2. The maximum absolute atomic E-state index is 9.23. The molecule has 1 aromatic rings. The van der Waals surface area contributed by atoms with Gasteiger partial charge >= 0.3 is 0 Å². The highest BCUT2D eigenvalue weighted by atomic mass is 32.2. The van der Waals surface area contributed by atoms with Gasteiger partial charge in [0.05, 0.1) is 12.7 Å². The molecule has 0 heterocycles. The minimum absolute atomic E-state index is 0.0658. The quantitative estimate of drug-likeness (QED) is 0.626. The molecule has 3 nitrogen and oxygen atoms in total. The zero-order valence-electron chi connectivity index (χ0n) is 7.89. The molecule has 0 saturated carbocycles. The molecule has 4 N–H and O–H groups in total. The number of thioether (sulfide) groups is 1. The predicted molar refractivity (Wildman–Crippen MR) is 58.2 cm³/mol. The molecule has 1 rings (SSSR count). The summed E-state index contributed by atoms with van der Waals surface area (Å²) in [7, 11) is 0. The fourth-order valence-corrected chi connectivity index (χ4v) is 1.80. The van der Waals surface area contributed by atoms with Crippen LogP contribution in [0.15, 0.2) is 29.2 Å². The molecule has 0 aliphatic carbocycles. The van der Waals surface area contributed by atoms with Crippen LogP contribution < -0.4 is 5.73 Å². The molecule has 0 fully saturated rings. The highest BCUT2D eigenvalue weighted by Crippen LogP contribution is 2.19. The molecule has 0 aliphatic rings. The third-order valence-corrected chi connectivity index (χ3v) is 2.98. The summed E-state index contributed by atoms with van der Waals surface area (Å²) < 4.78 is 0. The molecule has 1 atom stereocenters. The number of hydrogen-bond donors (Lipinski definition) is 3. The lowest BCUT2D eigenvalue weighted by atomic mass is 10.2. The van der Waals surface area contributed by atoms with E-state index in [-0.39, 0.29) is 6.61 Å². The van der Waals surface area contributed by atoms with Gasteiger partial charge in [-0.2, -0.15) is 0 Å². The zero-order chi connectivity index (χ0) is 10.4. The third-order valence-electron chi connectivity index (χ3n) is 1.82. The van der Waals surface area contributed by atoms with E-state index >= 15 is 0 Å². The normalized spacial score (nSPS) is 12.8. The summed E-state index contributed by atoms with van der Waals surface area (Å²) in [6.45, 7) is 0.359. The van der Waals surface area contributed by atoms with Crippen molar-refractivity contribution in [3.63, 3.8) is 0 Å². The van der Waals surface area contributed by atoms with Crippen LogP contribution in [0.2, 0.25) is 0 Å². The van der Waals surface area contributed by atoms with E-state index in [4.69, 9.17) is 10.8 Å².